The molecule has 0 aromatic carbocycles. The van der Waals surface area contributed by atoms with Crippen LogP contribution in [0.3, 0.4) is 0 Å². The van der Waals surface area contributed by atoms with Crippen molar-refractivity contribution in [3.8, 4) is 0 Å². The zero-order valence-corrected chi connectivity index (χ0v) is 9.29. The quantitative estimate of drug-likeness (QED) is 0.647. The molecule has 1 rings (SSSR count). The molecule has 1 fully saturated rings. The smallest absolute Gasteiger partial charge is 0.306 e. The zero-order valence-electron chi connectivity index (χ0n) is 9.29. The lowest BCUT2D eigenvalue weighted by Crippen LogP contribution is -2.40. The van der Waals surface area contributed by atoms with Crippen LogP contribution in [0.25, 0.3) is 0 Å². The normalized spacial score (nSPS) is 23.4. The standard InChI is InChI=1S/C11H21NO2/c1-3-10-6-4-5-8-12(10)9-7-11(13)14-2/h10H,3-9H2,1-2H3/t10-/m1/s1. The first-order chi connectivity index (χ1) is 6.77. The number of ether oxygens (including phenoxy) is 1. The third-order valence-corrected chi connectivity index (χ3v) is 3.05. The highest BCUT2D eigenvalue weighted by Gasteiger charge is 2.20. The molecule has 0 bridgehead atoms. The number of carbonyl (C=O) groups is 1. The van der Waals surface area contributed by atoms with Gasteiger partial charge in [-0.05, 0) is 25.8 Å². The molecule has 0 aromatic rings. The molecule has 0 aliphatic carbocycles. The average Bonchev–Trinajstić information content (AvgIpc) is 2.26. The molecule has 1 heterocycles. The maximum absolute atomic E-state index is 11.0. The van der Waals surface area contributed by atoms with Crippen LogP contribution in [-0.4, -0.2) is 37.1 Å². The third-order valence-electron chi connectivity index (χ3n) is 3.05. The molecule has 1 aliphatic heterocycles. The summed E-state index contributed by atoms with van der Waals surface area (Å²) in [5.41, 5.74) is 0. The van der Waals surface area contributed by atoms with Gasteiger partial charge in [0.05, 0.1) is 13.5 Å². The van der Waals surface area contributed by atoms with Gasteiger partial charge in [-0.1, -0.05) is 13.3 Å². The van der Waals surface area contributed by atoms with Gasteiger partial charge in [-0.3, -0.25) is 9.69 Å². The van der Waals surface area contributed by atoms with E-state index in [4.69, 9.17) is 0 Å². The average molecular weight is 199 g/mol. The predicted octanol–water partition coefficient (Wildman–Crippen LogP) is 1.81. The molecule has 1 atom stereocenters. The van der Waals surface area contributed by atoms with E-state index in [-0.39, 0.29) is 5.97 Å². The van der Waals surface area contributed by atoms with Crippen LogP contribution in [0.15, 0.2) is 0 Å². The summed E-state index contributed by atoms with van der Waals surface area (Å²) in [6.07, 6.45) is 5.64. The molecular formula is C11H21NO2. The number of rotatable bonds is 4. The van der Waals surface area contributed by atoms with Crippen LogP contribution in [0.1, 0.15) is 39.0 Å². The van der Waals surface area contributed by atoms with E-state index >= 15 is 0 Å². The van der Waals surface area contributed by atoms with Gasteiger partial charge in [-0.2, -0.15) is 0 Å². The topological polar surface area (TPSA) is 29.5 Å². The second-order valence-corrected chi connectivity index (χ2v) is 3.92. The van der Waals surface area contributed by atoms with E-state index < -0.39 is 0 Å². The first-order valence-electron chi connectivity index (χ1n) is 5.58. The molecule has 1 saturated heterocycles. The maximum atomic E-state index is 11.0. The molecule has 0 radical (unpaired) electrons. The van der Waals surface area contributed by atoms with Crippen LogP contribution in [0.5, 0.6) is 0 Å². The molecule has 0 saturated carbocycles. The molecule has 0 aromatic heterocycles. The zero-order chi connectivity index (χ0) is 10.4. The van der Waals surface area contributed by atoms with Gasteiger partial charge >= 0.3 is 5.97 Å². The van der Waals surface area contributed by atoms with Crippen molar-refractivity contribution >= 4 is 5.97 Å². The largest absolute Gasteiger partial charge is 0.469 e. The second-order valence-electron chi connectivity index (χ2n) is 3.92. The number of hydrogen-bond donors (Lipinski definition) is 0. The van der Waals surface area contributed by atoms with Gasteiger partial charge in [0.2, 0.25) is 0 Å². The van der Waals surface area contributed by atoms with E-state index in [1.54, 1.807) is 0 Å². The molecule has 3 nitrogen and oxygen atoms in total. The number of hydrogen-bond acceptors (Lipinski definition) is 3. The Kier molecular flexibility index (Phi) is 4.94. The van der Waals surface area contributed by atoms with Crippen LogP contribution in [0.2, 0.25) is 0 Å². The summed E-state index contributed by atoms with van der Waals surface area (Å²) in [4.78, 5) is 13.4. The predicted molar refractivity (Wildman–Crippen MR) is 56.1 cm³/mol. The Morgan fingerprint density at radius 2 is 2.29 bits per heavy atom. The minimum absolute atomic E-state index is 0.0922. The van der Waals surface area contributed by atoms with Crippen LogP contribution in [0.4, 0.5) is 0 Å². The lowest BCUT2D eigenvalue weighted by molar-refractivity contribution is -0.141. The SMILES string of the molecule is CC[C@@H]1CCCCN1CCC(=O)OC. The molecule has 14 heavy (non-hydrogen) atoms. The fourth-order valence-electron chi connectivity index (χ4n) is 2.15. The number of methoxy groups -OCH3 is 1. The van der Waals surface area contributed by atoms with Gasteiger partial charge < -0.3 is 4.74 Å². The summed E-state index contributed by atoms with van der Waals surface area (Å²) in [5.74, 6) is -0.0922. The highest BCUT2D eigenvalue weighted by atomic mass is 16.5. The highest BCUT2D eigenvalue weighted by molar-refractivity contribution is 5.69. The summed E-state index contributed by atoms with van der Waals surface area (Å²) >= 11 is 0. The van der Waals surface area contributed by atoms with Gasteiger partial charge in [-0.15, -0.1) is 0 Å². The van der Waals surface area contributed by atoms with Gasteiger partial charge in [0.15, 0.2) is 0 Å². The van der Waals surface area contributed by atoms with Gasteiger partial charge in [0, 0.05) is 12.6 Å². The Bertz CT molecular complexity index is 182. The Hall–Kier alpha value is -0.570. The van der Waals surface area contributed by atoms with Gasteiger partial charge in [-0.25, -0.2) is 0 Å². The summed E-state index contributed by atoms with van der Waals surface area (Å²) in [5, 5.41) is 0. The van der Waals surface area contributed by atoms with Crippen LogP contribution in [0, 0.1) is 0 Å². The van der Waals surface area contributed by atoms with E-state index in [1.165, 1.54) is 32.8 Å². The van der Waals surface area contributed by atoms with E-state index in [9.17, 15) is 4.79 Å². The minimum atomic E-state index is -0.0922. The number of nitrogens with zero attached hydrogens (tertiary/aromatic N) is 1. The summed E-state index contributed by atoms with van der Waals surface area (Å²) in [6, 6.07) is 0.688. The molecule has 0 unspecified atom stereocenters. The number of carbonyl (C=O) groups excluding carboxylic acids is 1. The van der Waals surface area contributed by atoms with Crippen molar-refractivity contribution in [3.63, 3.8) is 0 Å². The van der Waals surface area contributed by atoms with Crippen molar-refractivity contribution in [2.75, 3.05) is 20.2 Å². The Balaban J connectivity index is 2.29. The van der Waals surface area contributed by atoms with Crippen molar-refractivity contribution in [2.24, 2.45) is 0 Å². The third kappa shape index (κ3) is 3.29. The summed E-state index contributed by atoms with van der Waals surface area (Å²) in [6.45, 7) is 4.24. The maximum Gasteiger partial charge on any atom is 0.306 e. The van der Waals surface area contributed by atoms with E-state index in [1.807, 2.05) is 0 Å². The van der Waals surface area contributed by atoms with E-state index in [2.05, 4.69) is 16.6 Å². The molecule has 0 N–H and O–H groups in total. The lowest BCUT2D eigenvalue weighted by atomic mass is 10.00. The number of likely N-dealkylation sites (tertiary alicyclic amines) is 1. The molecular weight excluding hydrogens is 178 g/mol. The van der Waals surface area contributed by atoms with Crippen molar-refractivity contribution in [1.82, 2.24) is 4.90 Å². The number of esters is 1. The van der Waals surface area contributed by atoms with Crippen LogP contribution >= 0.6 is 0 Å². The van der Waals surface area contributed by atoms with Gasteiger partial charge in [0.1, 0.15) is 0 Å². The first kappa shape index (κ1) is 11.5. The van der Waals surface area contributed by atoms with E-state index in [0.29, 0.717) is 12.5 Å². The monoisotopic (exact) mass is 199 g/mol. The summed E-state index contributed by atoms with van der Waals surface area (Å²) in [7, 11) is 1.45. The summed E-state index contributed by atoms with van der Waals surface area (Å²) < 4.78 is 4.64. The molecule has 0 amide bonds. The van der Waals surface area contributed by atoms with Crippen molar-refractivity contribution in [1.29, 1.82) is 0 Å². The Morgan fingerprint density at radius 3 is 2.93 bits per heavy atom. The fourth-order valence-corrected chi connectivity index (χ4v) is 2.15. The lowest BCUT2D eigenvalue weighted by Gasteiger charge is -2.34. The molecule has 82 valence electrons. The van der Waals surface area contributed by atoms with Crippen molar-refractivity contribution in [3.05, 3.63) is 0 Å². The number of piperidine rings is 1. The Morgan fingerprint density at radius 1 is 1.50 bits per heavy atom. The molecule has 0 spiro atoms. The molecule has 1 aliphatic rings. The van der Waals surface area contributed by atoms with Crippen LogP contribution in [-0.2, 0) is 9.53 Å². The Labute approximate surface area is 86.4 Å². The van der Waals surface area contributed by atoms with Gasteiger partial charge in [0.25, 0.3) is 0 Å². The highest BCUT2D eigenvalue weighted by Crippen LogP contribution is 2.19. The first-order valence-corrected chi connectivity index (χ1v) is 5.58. The van der Waals surface area contributed by atoms with Crippen molar-refractivity contribution < 1.29 is 9.53 Å². The van der Waals surface area contributed by atoms with E-state index in [0.717, 1.165) is 13.1 Å². The molecule has 3 heteroatoms. The van der Waals surface area contributed by atoms with Crippen LogP contribution < -0.4 is 0 Å². The minimum Gasteiger partial charge on any atom is -0.469 e. The van der Waals surface area contributed by atoms with Crippen molar-refractivity contribution in [2.45, 2.75) is 45.1 Å². The fraction of sp³-hybridized carbons (Fsp3) is 0.909. The second kappa shape index (κ2) is 6.02.